The lowest BCUT2D eigenvalue weighted by molar-refractivity contribution is -0.118. The minimum absolute atomic E-state index is 0.126. The van der Waals surface area contributed by atoms with Crippen LogP contribution >= 0.6 is 11.6 Å². The second kappa shape index (κ2) is 8.29. The van der Waals surface area contributed by atoms with E-state index in [9.17, 15) is 4.79 Å². The highest BCUT2D eigenvalue weighted by Gasteiger charge is 2.11. The molecule has 0 spiro atoms. The van der Waals surface area contributed by atoms with Gasteiger partial charge >= 0.3 is 0 Å². The van der Waals surface area contributed by atoms with Crippen molar-refractivity contribution in [2.45, 2.75) is 20.5 Å². The second-order valence-electron chi connectivity index (χ2n) is 6.28. The number of halogens is 1. The molecule has 0 fully saturated rings. The molecule has 1 amide bonds. The molecular weight excluding hydrogens is 366 g/mol. The number of hydrogen-bond donors (Lipinski definition) is 2. The first-order valence-corrected chi connectivity index (χ1v) is 8.83. The number of aliphatic hydroxyl groups is 1. The van der Waals surface area contributed by atoms with E-state index < -0.39 is 0 Å². The number of ether oxygens (including phenoxy) is 1. The van der Waals surface area contributed by atoms with Crippen molar-refractivity contribution >= 4 is 23.2 Å². The number of aryl methyl sites for hydroxylation is 2. The Hall–Kier alpha value is -2.76. The minimum atomic E-state index is -0.316. The molecular formula is C21H20ClNO4. The number of rotatable bonds is 6. The van der Waals surface area contributed by atoms with Crippen LogP contribution in [0, 0.1) is 13.8 Å². The standard InChI is InChI=1S/C21H20ClNO4/c1-13-7-14(2)9-17(8-13)26-12-21(25)23-19-10-15(3-5-18(19)22)20-6-4-16(11-24)27-20/h3-10,24H,11-12H2,1-2H3,(H,23,25). The second-order valence-corrected chi connectivity index (χ2v) is 6.69. The summed E-state index contributed by atoms with van der Waals surface area (Å²) in [6, 6.07) is 14.4. The predicted octanol–water partition coefficient (Wildman–Crippen LogP) is 4.73. The Balaban J connectivity index is 1.68. The van der Waals surface area contributed by atoms with Crippen LogP contribution in [0.4, 0.5) is 5.69 Å². The van der Waals surface area contributed by atoms with E-state index in [1.165, 1.54) is 0 Å². The predicted molar refractivity (Wildman–Crippen MR) is 105 cm³/mol. The number of furan rings is 1. The molecule has 1 heterocycles. The number of nitrogens with one attached hydrogen (secondary N) is 1. The van der Waals surface area contributed by atoms with Crippen molar-refractivity contribution in [2.24, 2.45) is 0 Å². The van der Waals surface area contributed by atoms with E-state index in [-0.39, 0.29) is 19.1 Å². The van der Waals surface area contributed by atoms with E-state index in [2.05, 4.69) is 5.32 Å². The highest BCUT2D eigenvalue weighted by Crippen LogP contribution is 2.30. The van der Waals surface area contributed by atoms with Gasteiger partial charge in [0.15, 0.2) is 6.61 Å². The molecule has 3 rings (SSSR count). The molecule has 0 aliphatic carbocycles. The van der Waals surface area contributed by atoms with Gasteiger partial charge in [0.1, 0.15) is 23.9 Å². The topological polar surface area (TPSA) is 71.7 Å². The first-order valence-electron chi connectivity index (χ1n) is 8.45. The highest BCUT2D eigenvalue weighted by atomic mass is 35.5. The van der Waals surface area contributed by atoms with Crippen molar-refractivity contribution in [3.05, 3.63) is 70.4 Å². The Labute approximate surface area is 162 Å². The zero-order valence-electron chi connectivity index (χ0n) is 15.1. The number of benzene rings is 2. The Morgan fingerprint density at radius 3 is 2.52 bits per heavy atom. The summed E-state index contributed by atoms with van der Waals surface area (Å²) < 4.78 is 11.1. The number of carbonyl (C=O) groups excluding carboxylic acids is 1. The lowest BCUT2D eigenvalue weighted by Gasteiger charge is -2.11. The van der Waals surface area contributed by atoms with E-state index in [1.54, 1.807) is 30.3 Å². The van der Waals surface area contributed by atoms with Crippen LogP contribution < -0.4 is 10.1 Å². The first kappa shape index (κ1) is 19.0. The van der Waals surface area contributed by atoms with Gasteiger partial charge in [-0.05, 0) is 67.4 Å². The largest absolute Gasteiger partial charge is 0.484 e. The zero-order chi connectivity index (χ0) is 19.4. The average molecular weight is 386 g/mol. The Bertz CT molecular complexity index is 944. The maximum atomic E-state index is 12.3. The molecule has 27 heavy (non-hydrogen) atoms. The molecule has 0 atom stereocenters. The van der Waals surface area contributed by atoms with Gasteiger partial charge in [-0.2, -0.15) is 0 Å². The van der Waals surface area contributed by atoms with E-state index in [0.29, 0.717) is 28.0 Å². The number of anilines is 1. The van der Waals surface area contributed by atoms with Crippen LogP contribution in [0.3, 0.4) is 0 Å². The number of carbonyl (C=O) groups is 1. The lowest BCUT2D eigenvalue weighted by atomic mass is 10.1. The first-order chi connectivity index (χ1) is 12.9. The van der Waals surface area contributed by atoms with Gasteiger partial charge in [-0.15, -0.1) is 0 Å². The van der Waals surface area contributed by atoms with Gasteiger partial charge in [0.05, 0.1) is 10.7 Å². The van der Waals surface area contributed by atoms with Crippen LogP contribution in [-0.2, 0) is 11.4 Å². The zero-order valence-corrected chi connectivity index (χ0v) is 15.8. The van der Waals surface area contributed by atoms with Gasteiger partial charge in [0.2, 0.25) is 0 Å². The fourth-order valence-corrected chi connectivity index (χ4v) is 2.91. The normalized spacial score (nSPS) is 10.7. The molecule has 0 saturated heterocycles. The number of amides is 1. The Morgan fingerprint density at radius 2 is 1.85 bits per heavy atom. The minimum Gasteiger partial charge on any atom is -0.484 e. The summed E-state index contributed by atoms with van der Waals surface area (Å²) in [7, 11) is 0. The van der Waals surface area contributed by atoms with E-state index in [0.717, 1.165) is 16.7 Å². The molecule has 0 radical (unpaired) electrons. The Morgan fingerprint density at radius 1 is 1.11 bits per heavy atom. The molecule has 6 heteroatoms. The molecule has 140 valence electrons. The molecule has 0 saturated carbocycles. The Kier molecular flexibility index (Phi) is 5.84. The van der Waals surface area contributed by atoms with Crippen molar-refractivity contribution < 1.29 is 19.1 Å². The molecule has 1 aromatic heterocycles. The van der Waals surface area contributed by atoms with E-state index in [4.69, 9.17) is 25.9 Å². The van der Waals surface area contributed by atoms with E-state index in [1.807, 2.05) is 32.0 Å². The van der Waals surface area contributed by atoms with Crippen LogP contribution in [0.25, 0.3) is 11.3 Å². The smallest absolute Gasteiger partial charge is 0.262 e. The molecule has 0 aliphatic heterocycles. The average Bonchev–Trinajstić information content (AvgIpc) is 3.10. The fraction of sp³-hybridized carbons (Fsp3) is 0.190. The molecule has 2 aromatic carbocycles. The summed E-state index contributed by atoms with van der Waals surface area (Å²) in [6.07, 6.45) is 0. The fourth-order valence-electron chi connectivity index (χ4n) is 2.74. The summed E-state index contributed by atoms with van der Waals surface area (Å²) in [6.45, 7) is 3.65. The van der Waals surface area contributed by atoms with Crippen LogP contribution in [0.1, 0.15) is 16.9 Å². The summed E-state index contributed by atoms with van der Waals surface area (Å²) in [5.74, 6) is 1.38. The molecule has 0 bridgehead atoms. The third-order valence-corrected chi connectivity index (χ3v) is 4.24. The molecule has 3 aromatic rings. The molecule has 5 nitrogen and oxygen atoms in total. The van der Waals surface area contributed by atoms with Gasteiger partial charge in [0, 0.05) is 5.56 Å². The van der Waals surface area contributed by atoms with Gasteiger partial charge in [0.25, 0.3) is 5.91 Å². The number of aliphatic hydroxyl groups excluding tert-OH is 1. The maximum Gasteiger partial charge on any atom is 0.262 e. The van der Waals surface area contributed by atoms with Crippen molar-refractivity contribution in [3.8, 4) is 17.1 Å². The van der Waals surface area contributed by atoms with Crippen molar-refractivity contribution in [1.29, 1.82) is 0 Å². The van der Waals surface area contributed by atoms with E-state index >= 15 is 0 Å². The van der Waals surface area contributed by atoms with Crippen LogP contribution in [-0.4, -0.2) is 17.6 Å². The van der Waals surface area contributed by atoms with Gasteiger partial charge < -0.3 is 19.6 Å². The van der Waals surface area contributed by atoms with Crippen molar-refractivity contribution in [3.63, 3.8) is 0 Å². The van der Waals surface area contributed by atoms with Gasteiger partial charge in [-0.25, -0.2) is 0 Å². The maximum absolute atomic E-state index is 12.3. The third-order valence-electron chi connectivity index (χ3n) is 3.91. The summed E-state index contributed by atoms with van der Waals surface area (Å²) in [4.78, 5) is 12.3. The molecule has 0 aliphatic rings. The van der Waals surface area contributed by atoms with Crippen LogP contribution in [0.2, 0.25) is 5.02 Å². The highest BCUT2D eigenvalue weighted by molar-refractivity contribution is 6.33. The lowest BCUT2D eigenvalue weighted by Crippen LogP contribution is -2.20. The van der Waals surface area contributed by atoms with Crippen molar-refractivity contribution in [2.75, 3.05) is 11.9 Å². The summed E-state index contributed by atoms with van der Waals surface area (Å²) >= 11 is 6.19. The quantitative estimate of drug-likeness (QED) is 0.643. The SMILES string of the molecule is Cc1cc(C)cc(OCC(=O)Nc2cc(-c3ccc(CO)o3)ccc2Cl)c1. The van der Waals surface area contributed by atoms with Crippen LogP contribution in [0.5, 0.6) is 5.75 Å². The molecule has 2 N–H and O–H groups in total. The number of hydrogen-bond acceptors (Lipinski definition) is 4. The van der Waals surface area contributed by atoms with Crippen molar-refractivity contribution in [1.82, 2.24) is 0 Å². The molecule has 0 unspecified atom stereocenters. The van der Waals surface area contributed by atoms with Gasteiger partial charge in [-0.3, -0.25) is 4.79 Å². The van der Waals surface area contributed by atoms with Gasteiger partial charge in [-0.1, -0.05) is 17.7 Å². The third kappa shape index (κ3) is 4.90. The summed E-state index contributed by atoms with van der Waals surface area (Å²) in [5.41, 5.74) is 3.35. The summed E-state index contributed by atoms with van der Waals surface area (Å²) in [5, 5.41) is 12.3. The monoisotopic (exact) mass is 385 g/mol. The van der Waals surface area contributed by atoms with Crippen LogP contribution in [0.15, 0.2) is 52.9 Å².